The standard InChI is InChI=1S/C19H22N2O2S/c1-4-16(14-8-6-5-7-9-14)20-19(24)21-17-12-15(18(22)23-3)11-10-13(17)2/h5-12,16H,4H2,1-3H3,(H2,20,21,24)/t16-/m0/s1. The van der Waals surface area contributed by atoms with Crippen molar-refractivity contribution >= 4 is 29.0 Å². The van der Waals surface area contributed by atoms with E-state index in [1.165, 1.54) is 12.7 Å². The Labute approximate surface area is 148 Å². The van der Waals surface area contributed by atoms with Crippen LogP contribution >= 0.6 is 12.2 Å². The molecule has 0 fully saturated rings. The van der Waals surface area contributed by atoms with Crippen LogP contribution < -0.4 is 10.6 Å². The van der Waals surface area contributed by atoms with Crippen LogP contribution in [-0.4, -0.2) is 18.2 Å². The fraction of sp³-hybridized carbons (Fsp3) is 0.263. The minimum Gasteiger partial charge on any atom is -0.465 e. The van der Waals surface area contributed by atoms with Gasteiger partial charge >= 0.3 is 5.97 Å². The molecule has 1 atom stereocenters. The third-order valence-corrected chi connectivity index (χ3v) is 4.04. The normalized spacial score (nSPS) is 11.5. The van der Waals surface area contributed by atoms with Gasteiger partial charge in [-0.25, -0.2) is 4.79 Å². The number of carbonyl (C=O) groups excluding carboxylic acids is 1. The molecule has 2 aromatic carbocycles. The number of methoxy groups -OCH3 is 1. The summed E-state index contributed by atoms with van der Waals surface area (Å²) in [6.07, 6.45) is 0.910. The third kappa shape index (κ3) is 4.55. The van der Waals surface area contributed by atoms with Gasteiger partial charge in [0.05, 0.1) is 18.7 Å². The molecule has 2 N–H and O–H groups in total. The second-order valence-corrected chi connectivity index (χ2v) is 5.90. The molecule has 0 aliphatic carbocycles. The van der Waals surface area contributed by atoms with Crippen molar-refractivity contribution < 1.29 is 9.53 Å². The Morgan fingerprint density at radius 2 is 1.92 bits per heavy atom. The maximum atomic E-state index is 11.7. The minimum absolute atomic E-state index is 0.135. The zero-order valence-electron chi connectivity index (χ0n) is 14.1. The smallest absolute Gasteiger partial charge is 0.337 e. The van der Waals surface area contributed by atoms with Crippen LogP contribution in [0.5, 0.6) is 0 Å². The number of hydrogen-bond acceptors (Lipinski definition) is 3. The van der Waals surface area contributed by atoms with Gasteiger partial charge in [-0.05, 0) is 48.8 Å². The van der Waals surface area contributed by atoms with Gasteiger partial charge in [-0.2, -0.15) is 0 Å². The number of esters is 1. The fourth-order valence-corrected chi connectivity index (χ4v) is 2.68. The van der Waals surface area contributed by atoms with Gasteiger partial charge in [0.1, 0.15) is 0 Å². The Morgan fingerprint density at radius 3 is 2.54 bits per heavy atom. The van der Waals surface area contributed by atoms with E-state index in [1.54, 1.807) is 12.1 Å². The van der Waals surface area contributed by atoms with Gasteiger partial charge in [-0.3, -0.25) is 0 Å². The summed E-state index contributed by atoms with van der Waals surface area (Å²) in [6.45, 7) is 4.07. The van der Waals surface area contributed by atoms with E-state index in [0.29, 0.717) is 10.7 Å². The van der Waals surface area contributed by atoms with Gasteiger partial charge in [0.25, 0.3) is 0 Å². The molecule has 0 bridgehead atoms. The van der Waals surface area contributed by atoms with Gasteiger partial charge in [-0.1, -0.05) is 43.3 Å². The van der Waals surface area contributed by atoms with Crippen molar-refractivity contribution in [1.82, 2.24) is 5.32 Å². The number of hydrogen-bond donors (Lipinski definition) is 2. The summed E-state index contributed by atoms with van der Waals surface area (Å²) in [4.78, 5) is 11.7. The number of ether oxygens (including phenoxy) is 1. The molecule has 0 amide bonds. The van der Waals surface area contributed by atoms with Gasteiger partial charge < -0.3 is 15.4 Å². The molecule has 5 heteroatoms. The second-order valence-electron chi connectivity index (χ2n) is 5.49. The molecule has 0 aromatic heterocycles. The van der Waals surface area contributed by atoms with Gasteiger partial charge in [0.2, 0.25) is 0 Å². The summed E-state index contributed by atoms with van der Waals surface area (Å²) < 4.78 is 4.76. The lowest BCUT2D eigenvalue weighted by Gasteiger charge is -2.20. The number of benzene rings is 2. The molecule has 126 valence electrons. The van der Waals surface area contributed by atoms with E-state index in [9.17, 15) is 4.79 Å². The molecule has 0 heterocycles. The Balaban J connectivity index is 2.10. The minimum atomic E-state index is -0.368. The monoisotopic (exact) mass is 342 g/mol. The van der Waals surface area contributed by atoms with Crippen LogP contribution in [0.2, 0.25) is 0 Å². The lowest BCUT2D eigenvalue weighted by atomic mass is 10.1. The molecule has 0 unspecified atom stereocenters. The molecule has 0 radical (unpaired) electrons. The van der Waals surface area contributed by atoms with E-state index in [2.05, 4.69) is 29.7 Å². The third-order valence-electron chi connectivity index (χ3n) is 3.82. The molecule has 2 aromatic rings. The van der Waals surface area contributed by atoms with Crippen molar-refractivity contribution in [2.75, 3.05) is 12.4 Å². The highest BCUT2D eigenvalue weighted by Gasteiger charge is 2.12. The Hall–Kier alpha value is -2.40. The maximum absolute atomic E-state index is 11.7. The number of rotatable bonds is 5. The highest BCUT2D eigenvalue weighted by atomic mass is 32.1. The fourth-order valence-electron chi connectivity index (χ4n) is 2.42. The summed E-state index contributed by atoms with van der Waals surface area (Å²) >= 11 is 5.44. The molecular formula is C19H22N2O2S. The predicted octanol–water partition coefficient (Wildman–Crippen LogP) is 4.22. The average Bonchev–Trinajstić information content (AvgIpc) is 2.61. The van der Waals surface area contributed by atoms with Crippen LogP contribution in [-0.2, 0) is 4.74 Å². The number of thiocarbonyl (C=S) groups is 1. The Bertz CT molecular complexity index is 717. The van der Waals surface area contributed by atoms with Crippen LogP contribution in [0.15, 0.2) is 48.5 Å². The van der Waals surface area contributed by atoms with Gasteiger partial charge in [0.15, 0.2) is 5.11 Å². The summed E-state index contributed by atoms with van der Waals surface area (Å²) in [5, 5.41) is 7.03. The lowest BCUT2D eigenvalue weighted by Crippen LogP contribution is -2.32. The Kier molecular flexibility index (Phi) is 6.32. The van der Waals surface area contributed by atoms with Crippen molar-refractivity contribution in [2.45, 2.75) is 26.3 Å². The molecule has 24 heavy (non-hydrogen) atoms. The molecule has 0 saturated heterocycles. The molecule has 0 spiro atoms. The highest BCUT2D eigenvalue weighted by molar-refractivity contribution is 7.80. The van der Waals surface area contributed by atoms with Crippen LogP contribution in [0, 0.1) is 6.92 Å². The largest absolute Gasteiger partial charge is 0.465 e. The quantitative estimate of drug-likeness (QED) is 0.629. The topological polar surface area (TPSA) is 50.4 Å². The van der Waals surface area contributed by atoms with E-state index in [1.807, 2.05) is 31.2 Å². The van der Waals surface area contributed by atoms with E-state index in [0.717, 1.165) is 17.7 Å². The predicted molar refractivity (Wildman–Crippen MR) is 101 cm³/mol. The highest BCUT2D eigenvalue weighted by Crippen LogP contribution is 2.19. The SMILES string of the molecule is CC[C@H](NC(=S)Nc1cc(C(=O)OC)ccc1C)c1ccccc1. The van der Waals surface area contributed by atoms with Crippen molar-refractivity contribution in [3.8, 4) is 0 Å². The van der Waals surface area contributed by atoms with E-state index >= 15 is 0 Å². The lowest BCUT2D eigenvalue weighted by molar-refractivity contribution is 0.0601. The maximum Gasteiger partial charge on any atom is 0.337 e. The van der Waals surface area contributed by atoms with Crippen LogP contribution in [0.25, 0.3) is 0 Å². The Morgan fingerprint density at radius 1 is 1.21 bits per heavy atom. The van der Waals surface area contributed by atoms with Crippen molar-refractivity contribution in [3.05, 3.63) is 65.2 Å². The van der Waals surface area contributed by atoms with E-state index in [4.69, 9.17) is 17.0 Å². The first-order valence-corrected chi connectivity index (χ1v) is 8.27. The van der Waals surface area contributed by atoms with Crippen molar-refractivity contribution in [1.29, 1.82) is 0 Å². The molecule has 0 aliphatic heterocycles. The first-order chi connectivity index (χ1) is 11.5. The molecule has 0 aliphatic rings. The summed E-state index contributed by atoms with van der Waals surface area (Å²) in [6, 6.07) is 15.7. The number of aryl methyl sites for hydroxylation is 1. The number of carbonyl (C=O) groups is 1. The van der Waals surface area contributed by atoms with Crippen LogP contribution in [0.1, 0.15) is 40.9 Å². The van der Waals surface area contributed by atoms with Gasteiger partial charge in [0, 0.05) is 5.69 Å². The first-order valence-electron chi connectivity index (χ1n) is 7.86. The summed E-state index contributed by atoms with van der Waals surface area (Å²) in [5.41, 5.74) is 3.46. The van der Waals surface area contributed by atoms with Crippen LogP contribution in [0.3, 0.4) is 0 Å². The van der Waals surface area contributed by atoms with Crippen molar-refractivity contribution in [3.63, 3.8) is 0 Å². The number of nitrogens with one attached hydrogen (secondary N) is 2. The first kappa shape index (κ1) is 17.9. The van der Waals surface area contributed by atoms with E-state index in [-0.39, 0.29) is 12.0 Å². The summed E-state index contributed by atoms with van der Waals surface area (Å²) in [5.74, 6) is -0.368. The average molecular weight is 342 g/mol. The summed E-state index contributed by atoms with van der Waals surface area (Å²) in [7, 11) is 1.37. The van der Waals surface area contributed by atoms with Gasteiger partial charge in [-0.15, -0.1) is 0 Å². The molecule has 2 rings (SSSR count). The molecular weight excluding hydrogens is 320 g/mol. The van der Waals surface area contributed by atoms with E-state index < -0.39 is 0 Å². The van der Waals surface area contributed by atoms with Crippen LogP contribution in [0.4, 0.5) is 5.69 Å². The number of anilines is 1. The second kappa shape index (κ2) is 8.45. The zero-order valence-corrected chi connectivity index (χ0v) is 14.9. The molecule has 0 saturated carbocycles. The van der Waals surface area contributed by atoms with Crippen molar-refractivity contribution in [2.24, 2.45) is 0 Å². The zero-order chi connectivity index (χ0) is 17.5. The molecule has 4 nitrogen and oxygen atoms in total.